The maximum atomic E-state index is 12.0. The standard InChI is InChI=1S/C13H19Cl2N3O/c1-7(2)10(8(3)4)6-16-13(19)9-5-11(14)17-18-12(9)15/h5,7-8,10H,6H2,1-4H3,(H,16,19). The molecule has 0 atom stereocenters. The van der Waals surface area contributed by atoms with Gasteiger partial charge < -0.3 is 5.32 Å². The number of carbonyl (C=O) groups is 1. The van der Waals surface area contributed by atoms with Gasteiger partial charge in [-0.15, -0.1) is 10.2 Å². The molecule has 1 heterocycles. The molecular weight excluding hydrogens is 285 g/mol. The van der Waals surface area contributed by atoms with Crippen LogP contribution in [0.15, 0.2) is 6.07 Å². The Morgan fingerprint density at radius 3 is 2.32 bits per heavy atom. The molecule has 0 aromatic carbocycles. The van der Waals surface area contributed by atoms with Crippen LogP contribution < -0.4 is 5.32 Å². The quantitative estimate of drug-likeness (QED) is 0.906. The lowest BCUT2D eigenvalue weighted by molar-refractivity contribution is 0.0937. The maximum Gasteiger partial charge on any atom is 0.254 e. The van der Waals surface area contributed by atoms with E-state index < -0.39 is 0 Å². The predicted octanol–water partition coefficient (Wildman–Crippen LogP) is 3.44. The van der Waals surface area contributed by atoms with Gasteiger partial charge >= 0.3 is 0 Å². The highest BCUT2D eigenvalue weighted by molar-refractivity contribution is 6.34. The van der Waals surface area contributed by atoms with Crippen LogP contribution in [-0.2, 0) is 0 Å². The van der Waals surface area contributed by atoms with Crippen molar-refractivity contribution in [2.75, 3.05) is 6.54 Å². The number of amides is 1. The Morgan fingerprint density at radius 1 is 1.21 bits per heavy atom. The average molecular weight is 304 g/mol. The van der Waals surface area contributed by atoms with Crippen LogP contribution in [0.2, 0.25) is 10.3 Å². The van der Waals surface area contributed by atoms with Crippen LogP contribution in [-0.4, -0.2) is 22.6 Å². The lowest BCUT2D eigenvalue weighted by Gasteiger charge is -2.25. The summed E-state index contributed by atoms with van der Waals surface area (Å²) in [6, 6.07) is 1.42. The zero-order valence-electron chi connectivity index (χ0n) is 11.6. The molecule has 0 radical (unpaired) electrons. The summed E-state index contributed by atoms with van der Waals surface area (Å²) in [7, 11) is 0. The Kier molecular flexibility index (Phi) is 6.01. The molecule has 4 nitrogen and oxygen atoms in total. The van der Waals surface area contributed by atoms with Crippen LogP contribution in [0.4, 0.5) is 0 Å². The van der Waals surface area contributed by atoms with E-state index in [1.54, 1.807) is 0 Å². The van der Waals surface area contributed by atoms with Gasteiger partial charge in [-0.3, -0.25) is 4.79 Å². The van der Waals surface area contributed by atoms with Crippen LogP contribution in [0.5, 0.6) is 0 Å². The molecule has 0 unspecified atom stereocenters. The van der Waals surface area contributed by atoms with Gasteiger partial charge in [-0.05, 0) is 23.8 Å². The van der Waals surface area contributed by atoms with Gasteiger partial charge in [-0.2, -0.15) is 0 Å². The summed E-state index contributed by atoms with van der Waals surface area (Å²) >= 11 is 11.6. The smallest absolute Gasteiger partial charge is 0.254 e. The van der Waals surface area contributed by atoms with Gasteiger partial charge in [0.1, 0.15) is 0 Å². The SMILES string of the molecule is CC(C)C(CNC(=O)c1cc(Cl)nnc1Cl)C(C)C. The number of halogens is 2. The van der Waals surface area contributed by atoms with E-state index in [1.165, 1.54) is 6.07 Å². The minimum Gasteiger partial charge on any atom is -0.352 e. The molecule has 6 heteroatoms. The highest BCUT2D eigenvalue weighted by Gasteiger charge is 2.20. The van der Waals surface area contributed by atoms with E-state index in [-0.39, 0.29) is 21.8 Å². The van der Waals surface area contributed by atoms with Gasteiger partial charge in [0.2, 0.25) is 0 Å². The predicted molar refractivity (Wildman–Crippen MR) is 77.6 cm³/mol. The molecule has 0 spiro atoms. The number of aromatic nitrogens is 2. The fraction of sp³-hybridized carbons (Fsp3) is 0.615. The highest BCUT2D eigenvalue weighted by atomic mass is 35.5. The van der Waals surface area contributed by atoms with E-state index in [1.807, 2.05) is 0 Å². The summed E-state index contributed by atoms with van der Waals surface area (Å²) < 4.78 is 0. The molecule has 1 rings (SSSR count). The van der Waals surface area contributed by atoms with Crippen molar-refractivity contribution in [1.29, 1.82) is 0 Å². The maximum absolute atomic E-state index is 12.0. The van der Waals surface area contributed by atoms with Gasteiger partial charge in [-0.1, -0.05) is 50.9 Å². The number of hydrogen-bond donors (Lipinski definition) is 1. The van der Waals surface area contributed by atoms with Crippen molar-refractivity contribution in [2.45, 2.75) is 27.7 Å². The van der Waals surface area contributed by atoms with Crippen molar-refractivity contribution in [1.82, 2.24) is 15.5 Å². The molecule has 0 aliphatic rings. The Balaban J connectivity index is 2.72. The fourth-order valence-corrected chi connectivity index (χ4v) is 2.38. The topological polar surface area (TPSA) is 54.9 Å². The largest absolute Gasteiger partial charge is 0.352 e. The Morgan fingerprint density at radius 2 is 1.79 bits per heavy atom. The van der Waals surface area contributed by atoms with E-state index in [2.05, 4.69) is 43.2 Å². The van der Waals surface area contributed by atoms with Crippen molar-refractivity contribution in [3.8, 4) is 0 Å². The van der Waals surface area contributed by atoms with Gasteiger partial charge in [0, 0.05) is 6.54 Å². The molecule has 1 amide bonds. The first-order chi connectivity index (χ1) is 8.82. The van der Waals surface area contributed by atoms with Crippen molar-refractivity contribution in [3.63, 3.8) is 0 Å². The minimum atomic E-state index is -0.270. The van der Waals surface area contributed by atoms with Crippen molar-refractivity contribution in [3.05, 3.63) is 21.9 Å². The van der Waals surface area contributed by atoms with Gasteiger partial charge in [0.25, 0.3) is 5.91 Å². The van der Waals surface area contributed by atoms with Crippen LogP contribution in [0.25, 0.3) is 0 Å². The summed E-state index contributed by atoms with van der Waals surface area (Å²) in [6.45, 7) is 9.19. The number of hydrogen-bond acceptors (Lipinski definition) is 3. The van der Waals surface area contributed by atoms with E-state index in [0.717, 1.165) is 0 Å². The molecule has 1 aromatic heterocycles. The summed E-state index contributed by atoms with van der Waals surface area (Å²) in [6.07, 6.45) is 0. The second-order valence-electron chi connectivity index (χ2n) is 5.23. The van der Waals surface area contributed by atoms with Gasteiger partial charge in [-0.25, -0.2) is 0 Å². The van der Waals surface area contributed by atoms with E-state index in [0.29, 0.717) is 24.3 Å². The second-order valence-corrected chi connectivity index (χ2v) is 5.98. The van der Waals surface area contributed by atoms with Crippen molar-refractivity contribution < 1.29 is 4.79 Å². The fourth-order valence-electron chi connectivity index (χ4n) is 2.06. The molecule has 0 saturated carbocycles. The zero-order chi connectivity index (χ0) is 14.6. The third-order valence-electron chi connectivity index (χ3n) is 3.17. The Hall–Kier alpha value is -0.870. The molecule has 0 aliphatic heterocycles. The lowest BCUT2D eigenvalue weighted by atomic mass is 9.85. The van der Waals surface area contributed by atoms with Crippen molar-refractivity contribution >= 4 is 29.1 Å². The van der Waals surface area contributed by atoms with Gasteiger partial charge in [0.15, 0.2) is 10.3 Å². The number of nitrogens with zero attached hydrogens (tertiary/aromatic N) is 2. The summed E-state index contributed by atoms with van der Waals surface area (Å²) in [5.41, 5.74) is 0.257. The van der Waals surface area contributed by atoms with Crippen LogP contribution in [0, 0.1) is 17.8 Å². The second kappa shape index (κ2) is 7.06. The number of nitrogens with one attached hydrogen (secondary N) is 1. The monoisotopic (exact) mass is 303 g/mol. The third kappa shape index (κ3) is 4.62. The molecular formula is C13H19Cl2N3O. The summed E-state index contributed by atoms with van der Waals surface area (Å²) in [5.74, 6) is 1.13. The number of carbonyl (C=O) groups excluding carboxylic acids is 1. The van der Waals surface area contributed by atoms with Crippen molar-refractivity contribution in [2.24, 2.45) is 17.8 Å². The van der Waals surface area contributed by atoms with Crippen LogP contribution in [0.1, 0.15) is 38.1 Å². The minimum absolute atomic E-state index is 0.0625. The van der Waals surface area contributed by atoms with Crippen LogP contribution >= 0.6 is 23.2 Å². The number of rotatable bonds is 5. The van der Waals surface area contributed by atoms with E-state index in [9.17, 15) is 4.79 Å². The highest BCUT2D eigenvalue weighted by Crippen LogP contribution is 2.20. The third-order valence-corrected chi connectivity index (χ3v) is 3.64. The molecule has 1 N–H and O–H groups in total. The molecule has 1 aromatic rings. The normalized spacial score (nSPS) is 11.4. The lowest BCUT2D eigenvalue weighted by Crippen LogP contribution is -2.34. The first-order valence-corrected chi connectivity index (χ1v) is 7.05. The molecule has 0 bridgehead atoms. The average Bonchev–Trinajstić information content (AvgIpc) is 2.31. The Bertz CT molecular complexity index is 442. The molecule has 0 fully saturated rings. The zero-order valence-corrected chi connectivity index (χ0v) is 13.1. The summed E-state index contributed by atoms with van der Waals surface area (Å²) in [4.78, 5) is 12.0. The molecule has 106 valence electrons. The summed E-state index contributed by atoms with van der Waals surface area (Å²) in [5, 5.41) is 10.3. The molecule has 0 saturated heterocycles. The van der Waals surface area contributed by atoms with E-state index >= 15 is 0 Å². The first kappa shape index (κ1) is 16.2. The first-order valence-electron chi connectivity index (χ1n) is 6.29. The van der Waals surface area contributed by atoms with E-state index in [4.69, 9.17) is 23.2 Å². The van der Waals surface area contributed by atoms with Crippen LogP contribution in [0.3, 0.4) is 0 Å². The Labute approximate surface area is 123 Å². The van der Waals surface area contributed by atoms with Gasteiger partial charge in [0.05, 0.1) is 5.56 Å². The molecule has 19 heavy (non-hydrogen) atoms. The molecule has 0 aliphatic carbocycles.